The summed E-state index contributed by atoms with van der Waals surface area (Å²) >= 11 is 0. The maximum atomic E-state index is 11.4. The second kappa shape index (κ2) is 6.25. The lowest BCUT2D eigenvalue weighted by atomic mass is 10.1. The van der Waals surface area contributed by atoms with E-state index in [-0.39, 0.29) is 18.0 Å². The lowest BCUT2D eigenvalue weighted by Crippen LogP contribution is -2.41. The van der Waals surface area contributed by atoms with Gasteiger partial charge < -0.3 is 10.1 Å². The zero-order valence-corrected chi connectivity index (χ0v) is 10.8. The predicted molar refractivity (Wildman–Crippen MR) is 68.1 cm³/mol. The van der Waals surface area contributed by atoms with Crippen LogP contribution in [0.5, 0.6) is 5.75 Å². The number of ether oxygens (including phenoxy) is 1. The maximum absolute atomic E-state index is 11.4. The third kappa shape index (κ3) is 3.46. The number of nitrogens with one attached hydrogen (secondary N) is 2. The minimum atomic E-state index is -0.236. The van der Waals surface area contributed by atoms with Gasteiger partial charge in [0.05, 0.1) is 13.2 Å². The van der Waals surface area contributed by atoms with Gasteiger partial charge in [-0.15, -0.1) is 0 Å². The molecule has 94 valence electrons. The number of likely N-dealkylation sites (N-methyl/N-ethyl adjacent to an activating group) is 1. The molecule has 17 heavy (non-hydrogen) atoms. The number of hydrogen-bond acceptors (Lipinski definition) is 3. The first-order valence-electron chi connectivity index (χ1n) is 5.70. The number of carbonyl (C=O) groups excluding carboxylic acids is 1. The van der Waals surface area contributed by atoms with Gasteiger partial charge in [-0.1, -0.05) is 18.2 Å². The van der Waals surface area contributed by atoms with Crippen LogP contribution in [0.4, 0.5) is 0 Å². The van der Waals surface area contributed by atoms with Gasteiger partial charge in [-0.05, 0) is 19.9 Å². The van der Waals surface area contributed by atoms with Crippen molar-refractivity contribution in [1.29, 1.82) is 0 Å². The molecule has 0 bridgehead atoms. The number of benzene rings is 1. The smallest absolute Gasteiger partial charge is 0.236 e. The second-order valence-electron chi connectivity index (χ2n) is 3.97. The molecule has 0 spiro atoms. The monoisotopic (exact) mass is 236 g/mol. The summed E-state index contributed by atoms with van der Waals surface area (Å²) in [6, 6.07) is 7.61. The van der Waals surface area contributed by atoms with Crippen LogP contribution in [0.3, 0.4) is 0 Å². The highest BCUT2D eigenvalue weighted by molar-refractivity contribution is 5.81. The van der Waals surface area contributed by atoms with Crippen molar-refractivity contribution in [3.63, 3.8) is 0 Å². The van der Waals surface area contributed by atoms with Crippen molar-refractivity contribution >= 4 is 5.91 Å². The Morgan fingerprint density at radius 3 is 2.53 bits per heavy atom. The van der Waals surface area contributed by atoms with Gasteiger partial charge in [0.2, 0.25) is 5.91 Å². The first-order chi connectivity index (χ1) is 8.10. The molecule has 4 nitrogen and oxygen atoms in total. The quantitative estimate of drug-likeness (QED) is 0.814. The molecule has 0 saturated carbocycles. The largest absolute Gasteiger partial charge is 0.496 e. The number of hydrogen-bond donors (Lipinski definition) is 2. The third-order valence-corrected chi connectivity index (χ3v) is 2.75. The van der Waals surface area contributed by atoms with Crippen LogP contribution in [0.2, 0.25) is 0 Å². The fourth-order valence-corrected chi connectivity index (χ4v) is 1.78. The highest BCUT2D eigenvalue weighted by atomic mass is 16.5. The Bertz CT molecular complexity index is 379. The Hall–Kier alpha value is -1.55. The first kappa shape index (κ1) is 13.5. The van der Waals surface area contributed by atoms with Crippen LogP contribution in [0.1, 0.15) is 25.5 Å². The Labute approximate surface area is 102 Å². The van der Waals surface area contributed by atoms with E-state index in [0.29, 0.717) is 0 Å². The van der Waals surface area contributed by atoms with Crippen LogP contribution in [0.15, 0.2) is 24.3 Å². The van der Waals surface area contributed by atoms with Crippen molar-refractivity contribution in [1.82, 2.24) is 10.6 Å². The van der Waals surface area contributed by atoms with Crippen LogP contribution >= 0.6 is 0 Å². The molecule has 1 unspecified atom stereocenters. The normalized spacial score (nSPS) is 13.9. The minimum Gasteiger partial charge on any atom is -0.496 e. The van der Waals surface area contributed by atoms with E-state index in [0.717, 1.165) is 11.3 Å². The zero-order valence-electron chi connectivity index (χ0n) is 10.8. The molecule has 0 radical (unpaired) electrons. The van der Waals surface area contributed by atoms with Gasteiger partial charge in [0, 0.05) is 18.7 Å². The summed E-state index contributed by atoms with van der Waals surface area (Å²) < 4.78 is 5.29. The summed E-state index contributed by atoms with van der Waals surface area (Å²) in [7, 11) is 3.28. The van der Waals surface area contributed by atoms with Gasteiger partial charge in [0.25, 0.3) is 0 Å². The van der Waals surface area contributed by atoms with E-state index in [4.69, 9.17) is 4.74 Å². The van der Waals surface area contributed by atoms with E-state index in [9.17, 15) is 4.79 Å². The number of rotatable bonds is 5. The molecule has 0 saturated heterocycles. The number of amides is 1. The standard InChI is InChI=1S/C13H20N2O2/c1-9(15-10(2)13(16)14-3)11-7-5-6-8-12(11)17-4/h5-10,15H,1-4H3,(H,14,16)/t9-,10?/m0/s1. The fourth-order valence-electron chi connectivity index (χ4n) is 1.78. The number of para-hydroxylation sites is 1. The molecule has 1 aromatic rings. The molecule has 0 aliphatic rings. The lowest BCUT2D eigenvalue weighted by molar-refractivity contribution is -0.122. The van der Waals surface area contributed by atoms with E-state index in [1.807, 2.05) is 38.1 Å². The van der Waals surface area contributed by atoms with Crippen LogP contribution in [0, 0.1) is 0 Å². The van der Waals surface area contributed by atoms with E-state index in [1.54, 1.807) is 14.2 Å². The van der Waals surface area contributed by atoms with Crippen molar-refractivity contribution in [3.05, 3.63) is 29.8 Å². The average molecular weight is 236 g/mol. The first-order valence-corrected chi connectivity index (χ1v) is 5.70. The van der Waals surface area contributed by atoms with Gasteiger partial charge in [0.1, 0.15) is 5.75 Å². The molecular formula is C13H20N2O2. The third-order valence-electron chi connectivity index (χ3n) is 2.75. The van der Waals surface area contributed by atoms with E-state index in [1.165, 1.54) is 0 Å². The topological polar surface area (TPSA) is 50.4 Å². The summed E-state index contributed by atoms with van der Waals surface area (Å²) in [5, 5.41) is 5.85. The van der Waals surface area contributed by atoms with Crippen molar-refractivity contribution in [3.8, 4) is 5.75 Å². The average Bonchev–Trinajstić information content (AvgIpc) is 2.37. The van der Waals surface area contributed by atoms with Crippen LogP contribution in [-0.2, 0) is 4.79 Å². The minimum absolute atomic E-state index is 0.0215. The highest BCUT2D eigenvalue weighted by Crippen LogP contribution is 2.24. The van der Waals surface area contributed by atoms with Crippen molar-refractivity contribution in [2.75, 3.05) is 14.2 Å². The second-order valence-corrected chi connectivity index (χ2v) is 3.97. The molecule has 0 aliphatic heterocycles. The lowest BCUT2D eigenvalue weighted by Gasteiger charge is -2.20. The summed E-state index contributed by atoms with van der Waals surface area (Å²) in [5.41, 5.74) is 1.05. The van der Waals surface area contributed by atoms with Gasteiger partial charge >= 0.3 is 0 Å². The van der Waals surface area contributed by atoms with Crippen molar-refractivity contribution < 1.29 is 9.53 Å². The van der Waals surface area contributed by atoms with Crippen molar-refractivity contribution in [2.24, 2.45) is 0 Å². The molecule has 2 N–H and O–H groups in total. The van der Waals surface area contributed by atoms with Crippen molar-refractivity contribution in [2.45, 2.75) is 25.9 Å². The van der Waals surface area contributed by atoms with Gasteiger partial charge in [-0.2, -0.15) is 0 Å². The maximum Gasteiger partial charge on any atom is 0.236 e. The van der Waals surface area contributed by atoms with Crippen LogP contribution < -0.4 is 15.4 Å². The van der Waals surface area contributed by atoms with Crippen LogP contribution in [0.25, 0.3) is 0 Å². The molecule has 1 amide bonds. The highest BCUT2D eigenvalue weighted by Gasteiger charge is 2.16. The fraction of sp³-hybridized carbons (Fsp3) is 0.462. The summed E-state index contributed by atoms with van der Waals surface area (Å²) in [6.45, 7) is 3.85. The molecule has 1 aromatic carbocycles. The van der Waals surface area contributed by atoms with Gasteiger partial charge in [0.15, 0.2) is 0 Å². The number of methoxy groups -OCH3 is 1. The summed E-state index contributed by atoms with van der Waals surface area (Å²) in [4.78, 5) is 11.4. The molecule has 0 fully saturated rings. The summed E-state index contributed by atoms with van der Waals surface area (Å²) in [6.07, 6.45) is 0. The Morgan fingerprint density at radius 1 is 1.29 bits per heavy atom. The zero-order chi connectivity index (χ0) is 12.8. The Morgan fingerprint density at radius 2 is 1.94 bits per heavy atom. The van der Waals surface area contributed by atoms with Gasteiger partial charge in [-0.25, -0.2) is 0 Å². The summed E-state index contributed by atoms with van der Waals surface area (Å²) in [5.74, 6) is 0.809. The van der Waals surface area contributed by atoms with E-state index < -0.39 is 0 Å². The molecule has 0 aromatic heterocycles. The van der Waals surface area contributed by atoms with E-state index in [2.05, 4.69) is 10.6 Å². The molecule has 0 heterocycles. The van der Waals surface area contributed by atoms with Gasteiger partial charge in [-0.3, -0.25) is 10.1 Å². The molecule has 4 heteroatoms. The SMILES string of the molecule is CNC(=O)C(C)N[C@@H](C)c1ccccc1OC. The number of carbonyl (C=O) groups is 1. The molecule has 0 aliphatic carbocycles. The molecule has 1 rings (SSSR count). The van der Waals surface area contributed by atoms with Crippen LogP contribution in [-0.4, -0.2) is 26.1 Å². The molecule has 2 atom stereocenters. The Kier molecular flexibility index (Phi) is 4.97. The molecular weight excluding hydrogens is 216 g/mol. The predicted octanol–water partition coefficient (Wildman–Crippen LogP) is 1.48. The van der Waals surface area contributed by atoms with E-state index >= 15 is 0 Å². The Balaban J connectivity index is 2.75.